The van der Waals surface area contributed by atoms with Gasteiger partial charge in [-0.25, -0.2) is 9.18 Å². The van der Waals surface area contributed by atoms with Crippen molar-refractivity contribution in [2.45, 2.75) is 46.2 Å². The van der Waals surface area contributed by atoms with Crippen molar-refractivity contribution in [3.63, 3.8) is 0 Å². The molecule has 4 amide bonds. The summed E-state index contributed by atoms with van der Waals surface area (Å²) in [4.78, 5) is 37.5. The van der Waals surface area contributed by atoms with Crippen LogP contribution in [-0.2, 0) is 16.1 Å². The van der Waals surface area contributed by atoms with Crippen LogP contribution in [-0.4, -0.2) is 34.8 Å². The lowest BCUT2D eigenvalue weighted by Gasteiger charge is -2.23. The highest BCUT2D eigenvalue weighted by atomic mass is 19.1. The van der Waals surface area contributed by atoms with Crippen LogP contribution in [0.4, 0.5) is 9.18 Å². The van der Waals surface area contributed by atoms with Crippen molar-refractivity contribution in [3.8, 4) is 0 Å². The zero-order valence-corrected chi connectivity index (χ0v) is 15.0. The van der Waals surface area contributed by atoms with Gasteiger partial charge in [0.25, 0.3) is 5.91 Å². The minimum atomic E-state index is -0.981. The molecule has 0 radical (unpaired) electrons. The Morgan fingerprint density at radius 2 is 2.04 bits per heavy atom. The molecule has 1 unspecified atom stereocenters. The highest BCUT2D eigenvalue weighted by molar-refractivity contribution is 6.08. The zero-order valence-electron chi connectivity index (χ0n) is 15.0. The normalized spacial score (nSPS) is 20.2. The number of aryl methyl sites for hydroxylation is 1. The lowest BCUT2D eigenvalue weighted by Crippen LogP contribution is -2.46. The number of carbonyl (C=O) groups is 3. The van der Waals surface area contributed by atoms with Crippen LogP contribution < -0.4 is 10.6 Å². The van der Waals surface area contributed by atoms with Crippen LogP contribution in [0.15, 0.2) is 18.2 Å². The Balaban J connectivity index is 1.94. The van der Waals surface area contributed by atoms with Gasteiger partial charge in [-0.1, -0.05) is 26.0 Å². The summed E-state index contributed by atoms with van der Waals surface area (Å²) in [5.41, 5.74) is 0.156. The Bertz CT molecular complexity index is 705. The fourth-order valence-corrected chi connectivity index (χ4v) is 2.99. The molecule has 6 nitrogen and oxygen atoms in total. The first-order chi connectivity index (χ1) is 11.6. The van der Waals surface area contributed by atoms with Gasteiger partial charge < -0.3 is 10.6 Å². The first-order valence-corrected chi connectivity index (χ1v) is 8.28. The molecule has 2 rings (SSSR count). The molecule has 0 saturated carbocycles. The topological polar surface area (TPSA) is 78.5 Å². The summed E-state index contributed by atoms with van der Waals surface area (Å²) in [6.07, 6.45) is 0.498. The molecule has 0 bridgehead atoms. The van der Waals surface area contributed by atoms with E-state index in [0.717, 1.165) is 4.90 Å². The minimum absolute atomic E-state index is 0.128. The van der Waals surface area contributed by atoms with Crippen molar-refractivity contribution >= 4 is 17.8 Å². The van der Waals surface area contributed by atoms with E-state index in [9.17, 15) is 18.8 Å². The number of urea groups is 1. The molecule has 0 spiro atoms. The van der Waals surface area contributed by atoms with Crippen LogP contribution in [0.2, 0.25) is 0 Å². The maximum Gasteiger partial charge on any atom is 0.325 e. The van der Waals surface area contributed by atoms with E-state index in [-0.39, 0.29) is 24.8 Å². The molecular formula is C18H24FN3O3. The maximum absolute atomic E-state index is 13.5. The molecule has 136 valence electrons. The molecule has 25 heavy (non-hydrogen) atoms. The van der Waals surface area contributed by atoms with Crippen molar-refractivity contribution in [3.05, 3.63) is 35.1 Å². The van der Waals surface area contributed by atoms with Gasteiger partial charge >= 0.3 is 6.03 Å². The molecule has 0 aliphatic carbocycles. The van der Waals surface area contributed by atoms with Crippen LogP contribution in [0, 0.1) is 18.7 Å². The summed E-state index contributed by atoms with van der Waals surface area (Å²) in [7, 11) is 0. The first kappa shape index (κ1) is 18.9. The predicted molar refractivity (Wildman–Crippen MR) is 91.1 cm³/mol. The van der Waals surface area contributed by atoms with E-state index < -0.39 is 23.4 Å². The van der Waals surface area contributed by atoms with Gasteiger partial charge in [-0.15, -0.1) is 0 Å². The zero-order chi connectivity index (χ0) is 18.8. The molecule has 2 N–H and O–H groups in total. The van der Waals surface area contributed by atoms with Crippen molar-refractivity contribution < 1.29 is 18.8 Å². The molecule has 0 aromatic heterocycles. The summed E-state index contributed by atoms with van der Waals surface area (Å²) < 4.78 is 13.5. The second-order valence-electron chi connectivity index (χ2n) is 7.11. The van der Waals surface area contributed by atoms with Gasteiger partial charge in [-0.2, -0.15) is 0 Å². The van der Waals surface area contributed by atoms with Gasteiger partial charge in [0.2, 0.25) is 5.91 Å². The van der Waals surface area contributed by atoms with Gasteiger partial charge in [0.15, 0.2) is 0 Å². The number of rotatable bonds is 6. The Kier molecular flexibility index (Phi) is 5.45. The van der Waals surface area contributed by atoms with Gasteiger partial charge in [0.05, 0.1) is 0 Å². The second-order valence-corrected chi connectivity index (χ2v) is 7.11. The Labute approximate surface area is 146 Å². The van der Waals surface area contributed by atoms with Gasteiger partial charge in [0.1, 0.15) is 17.9 Å². The summed E-state index contributed by atoms with van der Waals surface area (Å²) in [6, 6.07) is 4.13. The molecular weight excluding hydrogens is 325 g/mol. The fourth-order valence-electron chi connectivity index (χ4n) is 2.99. The number of imide groups is 1. The quantitative estimate of drug-likeness (QED) is 0.772. The molecule has 1 saturated heterocycles. The van der Waals surface area contributed by atoms with Gasteiger partial charge in [-0.3, -0.25) is 14.5 Å². The van der Waals surface area contributed by atoms with Crippen LogP contribution in [0.5, 0.6) is 0 Å². The molecule has 1 aromatic carbocycles. The van der Waals surface area contributed by atoms with E-state index in [1.54, 1.807) is 26.0 Å². The van der Waals surface area contributed by atoms with Crippen LogP contribution in [0.1, 0.15) is 38.3 Å². The highest BCUT2D eigenvalue weighted by Gasteiger charge is 2.48. The lowest BCUT2D eigenvalue weighted by molar-refractivity contribution is -0.135. The third kappa shape index (κ3) is 4.35. The fraction of sp³-hybridized carbons (Fsp3) is 0.500. The molecule has 1 aliphatic heterocycles. The molecule has 7 heteroatoms. The molecule has 1 heterocycles. The number of hydrogen-bond acceptors (Lipinski definition) is 3. The van der Waals surface area contributed by atoms with E-state index >= 15 is 0 Å². The van der Waals surface area contributed by atoms with Crippen LogP contribution in [0.25, 0.3) is 0 Å². The van der Waals surface area contributed by atoms with E-state index in [0.29, 0.717) is 17.5 Å². The third-order valence-corrected chi connectivity index (χ3v) is 4.19. The van der Waals surface area contributed by atoms with Crippen molar-refractivity contribution in [1.29, 1.82) is 0 Å². The minimum Gasteiger partial charge on any atom is -0.350 e. The number of nitrogens with zero attached hydrogens (tertiary/aromatic N) is 1. The first-order valence-electron chi connectivity index (χ1n) is 8.28. The molecule has 1 aliphatic rings. The van der Waals surface area contributed by atoms with Gasteiger partial charge in [-0.05, 0) is 43.4 Å². The Hall–Kier alpha value is -2.44. The van der Waals surface area contributed by atoms with Crippen LogP contribution in [0.3, 0.4) is 0 Å². The summed E-state index contributed by atoms with van der Waals surface area (Å²) in [6.45, 7) is 7.01. The smallest absolute Gasteiger partial charge is 0.325 e. The van der Waals surface area contributed by atoms with Crippen LogP contribution >= 0.6 is 0 Å². The van der Waals surface area contributed by atoms with E-state index in [1.807, 2.05) is 13.8 Å². The number of nitrogens with one attached hydrogen (secondary N) is 2. The number of carbonyl (C=O) groups excluding carboxylic acids is 3. The summed E-state index contributed by atoms with van der Waals surface area (Å²) in [5.74, 6) is -0.995. The Morgan fingerprint density at radius 1 is 1.36 bits per heavy atom. The third-order valence-electron chi connectivity index (χ3n) is 4.19. The van der Waals surface area contributed by atoms with E-state index in [2.05, 4.69) is 10.6 Å². The average Bonchev–Trinajstić information content (AvgIpc) is 2.71. The van der Waals surface area contributed by atoms with E-state index in [4.69, 9.17) is 0 Å². The SMILES string of the molecule is Cc1ccc(CNC(=O)CN2C(=O)NC(C)(CC(C)C)C2=O)cc1F. The molecule has 1 atom stereocenters. The maximum atomic E-state index is 13.5. The number of hydrogen-bond donors (Lipinski definition) is 2. The number of amides is 4. The molecule has 1 fully saturated rings. The number of benzene rings is 1. The van der Waals surface area contributed by atoms with Crippen molar-refractivity contribution in [1.82, 2.24) is 15.5 Å². The second kappa shape index (κ2) is 7.21. The van der Waals surface area contributed by atoms with Gasteiger partial charge in [0, 0.05) is 6.54 Å². The summed E-state index contributed by atoms with van der Waals surface area (Å²) in [5, 5.41) is 5.26. The molecule has 1 aromatic rings. The standard InChI is InChI=1S/C18H24FN3O3/c1-11(2)8-18(4)16(24)22(17(25)21-18)10-15(23)20-9-13-6-5-12(3)14(19)7-13/h5-7,11H,8-10H2,1-4H3,(H,20,23)(H,21,25). The van der Waals surface area contributed by atoms with E-state index in [1.165, 1.54) is 6.07 Å². The highest BCUT2D eigenvalue weighted by Crippen LogP contribution is 2.24. The predicted octanol–water partition coefficient (Wildman–Crippen LogP) is 2.11. The van der Waals surface area contributed by atoms with Crippen molar-refractivity contribution in [2.75, 3.05) is 6.54 Å². The van der Waals surface area contributed by atoms with Crippen molar-refractivity contribution in [2.24, 2.45) is 5.92 Å². The monoisotopic (exact) mass is 349 g/mol. The Morgan fingerprint density at radius 3 is 2.64 bits per heavy atom. The average molecular weight is 349 g/mol. The largest absolute Gasteiger partial charge is 0.350 e. The lowest BCUT2D eigenvalue weighted by atomic mass is 9.91. The number of halogens is 1. The summed E-state index contributed by atoms with van der Waals surface area (Å²) >= 11 is 0.